The van der Waals surface area contributed by atoms with Crippen molar-refractivity contribution in [2.24, 2.45) is 0 Å². The van der Waals surface area contributed by atoms with E-state index in [0.717, 1.165) is 22.8 Å². The normalized spacial score (nSPS) is 10.8. The third-order valence-electron chi connectivity index (χ3n) is 3.20. The number of nitrogens with zero attached hydrogens (tertiary/aromatic N) is 3. The van der Waals surface area contributed by atoms with Gasteiger partial charge >= 0.3 is 0 Å². The fraction of sp³-hybridized carbons (Fsp3) is 0.200. The van der Waals surface area contributed by atoms with Crippen molar-refractivity contribution >= 4 is 11.5 Å². The first-order valence-electron chi connectivity index (χ1n) is 6.52. The number of aromatic nitrogens is 3. The molecule has 0 atom stereocenters. The van der Waals surface area contributed by atoms with E-state index in [1.165, 1.54) is 0 Å². The van der Waals surface area contributed by atoms with Gasteiger partial charge in [0.1, 0.15) is 17.4 Å². The van der Waals surface area contributed by atoms with Crippen LogP contribution in [0.15, 0.2) is 42.5 Å². The molecule has 0 amide bonds. The Morgan fingerprint density at radius 1 is 1.10 bits per heavy atom. The highest BCUT2D eigenvalue weighted by Gasteiger charge is 2.08. The number of para-hydroxylation sites is 1. The van der Waals surface area contributed by atoms with Crippen LogP contribution in [0.3, 0.4) is 0 Å². The molecular weight excluding hydrogens is 252 g/mol. The van der Waals surface area contributed by atoms with Gasteiger partial charge in [0.05, 0.1) is 6.61 Å². The molecule has 5 nitrogen and oxygen atoms in total. The zero-order valence-electron chi connectivity index (χ0n) is 11.3. The number of aryl methyl sites for hydroxylation is 1. The molecule has 3 rings (SSSR count). The highest BCUT2D eigenvalue weighted by Crippen LogP contribution is 2.17. The van der Waals surface area contributed by atoms with Gasteiger partial charge in [-0.3, -0.25) is 4.40 Å². The fourth-order valence-electron chi connectivity index (χ4n) is 2.16. The fourth-order valence-corrected chi connectivity index (χ4v) is 2.16. The van der Waals surface area contributed by atoms with Crippen molar-refractivity contribution in [3.05, 3.63) is 53.9 Å². The summed E-state index contributed by atoms with van der Waals surface area (Å²) in [6.07, 6.45) is 0.656. The molecule has 0 aliphatic heterocycles. The lowest BCUT2D eigenvalue weighted by Crippen LogP contribution is -2.07. The van der Waals surface area contributed by atoms with E-state index in [2.05, 4.69) is 10.2 Å². The molecule has 0 saturated heterocycles. The third kappa shape index (κ3) is 2.30. The molecule has 0 bridgehead atoms. The van der Waals surface area contributed by atoms with E-state index in [0.29, 0.717) is 18.8 Å². The molecule has 0 radical (unpaired) electrons. The predicted molar refractivity (Wildman–Crippen MR) is 77.8 cm³/mol. The van der Waals surface area contributed by atoms with Gasteiger partial charge in [-0.2, -0.15) is 0 Å². The Balaban J connectivity index is 1.73. The lowest BCUT2D eigenvalue weighted by atomic mass is 10.2. The minimum atomic E-state index is 0.542. The molecule has 2 heterocycles. The minimum Gasteiger partial charge on any atom is -0.493 e. The molecule has 102 valence electrons. The van der Waals surface area contributed by atoms with Gasteiger partial charge in [0, 0.05) is 6.42 Å². The number of hydrogen-bond donors (Lipinski definition) is 1. The Hall–Kier alpha value is -2.56. The molecule has 3 aromatic rings. The van der Waals surface area contributed by atoms with Crippen LogP contribution in [0.5, 0.6) is 5.75 Å². The summed E-state index contributed by atoms with van der Waals surface area (Å²) in [4.78, 5) is 0. The maximum atomic E-state index is 5.95. The second-order valence-corrected chi connectivity index (χ2v) is 4.62. The van der Waals surface area contributed by atoms with Crippen LogP contribution in [0.4, 0.5) is 5.82 Å². The van der Waals surface area contributed by atoms with Crippen molar-refractivity contribution in [2.45, 2.75) is 13.3 Å². The summed E-state index contributed by atoms with van der Waals surface area (Å²) in [7, 11) is 0. The van der Waals surface area contributed by atoms with E-state index in [9.17, 15) is 0 Å². The van der Waals surface area contributed by atoms with Gasteiger partial charge in [-0.25, -0.2) is 0 Å². The first-order valence-corrected chi connectivity index (χ1v) is 6.52. The predicted octanol–water partition coefficient (Wildman–Crippen LogP) is 2.24. The minimum absolute atomic E-state index is 0.542. The molecule has 0 unspecified atom stereocenters. The number of rotatable bonds is 4. The number of hydrogen-bond acceptors (Lipinski definition) is 4. The Morgan fingerprint density at radius 3 is 2.80 bits per heavy atom. The van der Waals surface area contributed by atoms with Crippen molar-refractivity contribution < 1.29 is 4.74 Å². The zero-order chi connectivity index (χ0) is 13.9. The average Bonchev–Trinajstić information content (AvgIpc) is 2.86. The second kappa shape index (κ2) is 5.21. The average molecular weight is 268 g/mol. The maximum absolute atomic E-state index is 5.95. The van der Waals surface area contributed by atoms with Crippen LogP contribution in [-0.2, 0) is 6.42 Å². The van der Waals surface area contributed by atoms with Gasteiger partial charge < -0.3 is 10.5 Å². The smallest absolute Gasteiger partial charge is 0.162 e. The maximum Gasteiger partial charge on any atom is 0.162 e. The van der Waals surface area contributed by atoms with Gasteiger partial charge in [0.2, 0.25) is 0 Å². The van der Waals surface area contributed by atoms with Crippen molar-refractivity contribution in [3.63, 3.8) is 0 Å². The first-order chi connectivity index (χ1) is 9.75. The van der Waals surface area contributed by atoms with Crippen molar-refractivity contribution in [2.75, 3.05) is 12.3 Å². The summed E-state index contributed by atoms with van der Waals surface area (Å²) in [5.74, 6) is 2.35. The molecule has 0 fully saturated rings. The van der Waals surface area contributed by atoms with E-state index >= 15 is 0 Å². The Morgan fingerprint density at radius 2 is 1.95 bits per heavy atom. The highest BCUT2D eigenvalue weighted by molar-refractivity contribution is 5.47. The van der Waals surface area contributed by atoms with E-state index in [1.807, 2.05) is 53.8 Å². The summed E-state index contributed by atoms with van der Waals surface area (Å²) in [6, 6.07) is 13.5. The van der Waals surface area contributed by atoms with Crippen LogP contribution in [0, 0.1) is 6.92 Å². The summed E-state index contributed by atoms with van der Waals surface area (Å²) in [5, 5.41) is 8.26. The van der Waals surface area contributed by atoms with Crippen LogP contribution < -0.4 is 10.5 Å². The third-order valence-corrected chi connectivity index (χ3v) is 3.20. The number of benzene rings is 1. The molecule has 5 heteroatoms. The van der Waals surface area contributed by atoms with E-state index in [-0.39, 0.29) is 0 Å². The van der Waals surface area contributed by atoms with E-state index < -0.39 is 0 Å². The van der Waals surface area contributed by atoms with Crippen molar-refractivity contribution in [1.29, 1.82) is 0 Å². The molecule has 2 aromatic heterocycles. The molecular formula is C15H16N4O. The number of anilines is 1. The Labute approximate surface area is 117 Å². The highest BCUT2D eigenvalue weighted by atomic mass is 16.5. The monoisotopic (exact) mass is 268 g/mol. The topological polar surface area (TPSA) is 65.4 Å². The van der Waals surface area contributed by atoms with Crippen LogP contribution in [0.25, 0.3) is 5.65 Å². The summed E-state index contributed by atoms with van der Waals surface area (Å²) >= 11 is 0. The second-order valence-electron chi connectivity index (χ2n) is 4.62. The van der Waals surface area contributed by atoms with Crippen molar-refractivity contribution in [3.8, 4) is 5.75 Å². The molecule has 0 aliphatic carbocycles. The van der Waals surface area contributed by atoms with Gasteiger partial charge in [0.15, 0.2) is 5.65 Å². The van der Waals surface area contributed by atoms with Gasteiger partial charge in [-0.15, -0.1) is 10.2 Å². The molecule has 1 aromatic carbocycles. The van der Waals surface area contributed by atoms with E-state index in [1.54, 1.807) is 0 Å². The first kappa shape index (κ1) is 12.5. The van der Waals surface area contributed by atoms with Gasteiger partial charge in [-0.1, -0.05) is 24.3 Å². The summed E-state index contributed by atoms with van der Waals surface area (Å²) < 4.78 is 7.63. The van der Waals surface area contributed by atoms with Gasteiger partial charge in [0.25, 0.3) is 0 Å². The molecule has 0 aliphatic rings. The van der Waals surface area contributed by atoms with Gasteiger partial charge in [-0.05, 0) is 30.7 Å². The summed E-state index contributed by atoms with van der Waals surface area (Å²) in [6.45, 7) is 2.57. The van der Waals surface area contributed by atoms with Crippen LogP contribution in [-0.4, -0.2) is 21.2 Å². The lowest BCUT2D eigenvalue weighted by Gasteiger charge is -2.08. The Bertz CT molecular complexity index is 736. The Kier molecular flexibility index (Phi) is 3.25. The number of pyridine rings is 1. The summed E-state index contributed by atoms with van der Waals surface area (Å²) in [5.41, 5.74) is 7.83. The number of nitrogens with two attached hydrogens (primary N) is 1. The molecule has 0 saturated carbocycles. The standard InChI is InChI=1S/C15H16N4O/c1-11-5-2-3-6-12(11)20-10-9-15-18-17-14-8-4-7-13(16)19(14)15/h2-8H,9-10,16H2,1H3. The van der Waals surface area contributed by atoms with Crippen LogP contribution >= 0.6 is 0 Å². The van der Waals surface area contributed by atoms with E-state index in [4.69, 9.17) is 10.5 Å². The largest absolute Gasteiger partial charge is 0.493 e. The number of fused-ring (bicyclic) bond motifs is 1. The molecule has 20 heavy (non-hydrogen) atoms. The van der Waals surface area contributed by atoms with Crippen molar-refractivity contribution in [1.82, 2.24) is 14.6 Å². The SMILES string of the molecule is Cc1ccccc1OCCc1nnc2cccc(N)n12. The quantitative estimate of drug-likeness (QED) is 0.788. The van der Waals surface area contributed by atoms with Crippen LogP contribution in [0.1, 0.15) is 11.4 Å². The van der Waals surface area contributed by atoms with Crippen LogP contribution in [0.2, 0.25) is 0 Å². The number of nitrogen functional groups attached to an aromatic ring is 1. The molecule has 0 spiro atoms. The zero-order valence-corrected chi connectivity index (χ0v) is 11.3. The lowest BCUT2D eigenvalue weighted by molar-refractivity contribution is 0.316. The number of ether oxygens (including phenoxy) is 1. The molecule has 2 N–H and O–H groups in total.